The second kappa shape index (κ2) is 5.61. The molecule has 0 fully saturated rings. The number of hydrogen-bond acceptors (Lipinski definition) is 3. The molecule has 0 N–H and O–H groups in total. The minimum Gasteiger partial charge on any atom is -0.494 e. The number of nitrogens with zero attached hydrogens (tertiary/aromatic N) is 1. The van der Waals surface area contributed by atoms with Crippen LogP contribution in [0.1, 0.15) is 21.6 Å². The van der Waals surface area contributed by atoms with Crippen molar-refractivity contribution >= 4 is 5.78 Å². The number of pyridine rings is 1. The Labute approximate surface area is 111 Å². The summed E-state index contributed by atoms with van der Waals surface area (Å²) < 4.78 is 18.1. The topological polar surface area (TPSA) is 39.2 Å². The van der Waals surface area contributed by atoms with Crippen molar-refractivity contribution in [3.05, 3.63) is 59.2 Å². The second-order valence-electron chi connectivity index (χ2n) is 4.28. The third kappa shape index (κ3) is 3.16. The Morgan fingerprint density at radius 3 is 2.74 bits per heavy atom. The van der Waals surface area contributed by atoms with Crippen LogP contribution in [0.4, 0.5) is 4.39 Å². The van der Waals surface area contributed by atoms with Crippen molar-refractivity contribution in [3.63, 3.8) is 0 Å². The van der Waals surface area contributed by atoms with Crippen molar-refractivity contribution in [3.8, 4) is 5.75 Å². The van der Waals surface area contributed by atoms with Gasteiger partial charge in [-0.1, -0.05) is 6.07 Å². The molecule has 0 saturated heterocycles. The molecule has 0 radical (unpaired) electrons. The van der Waals surface area contributed by atoms with Crippen LogP contribution < -0.4 is 4.74 Å². The molecule has 1 aromatic heterocycles. The number of benzene rings is 1. The number of aryl methyl sites for hydroxylation is 1. The number of aromatic nitrogens is 1. The highest BCUT2D eigenvalue weighted by molar-refractivity contribution is 5.97. The predicted molar refractivity (Wildman–Crippen MR) is 70.0 cm³/mol. The van der Waals surface area contributed by atoms with Gasteiger partial charge in [0.25, 0.3) is 0 Å². The van der Waals surface area contributed by atoms with Crippen LogP contribution in [0.5, 0.6) is 5.75 Å². The smallest absolute Gasteiger partial charge is 0.168 e. The molecule has 3 nitrogen and oxygen atoms in total. The van der Waals surface area contributed by atoms with Crippen LogP contribution in [0.2, 0.25) is 0 Å². The first-order valence-corrected chi connectivity index (χ1v) is 5.88. The van der Waals surface area contributed by atoms with Crippen LogP contribution in [0.25, 0.3) is 0 Å². The van der Waals surface area contributed by atoms with E-state index >= 15 is 0 Å². The zero-order valence-electron chi connectivity index (χ0n) is 10.8. The monoisotopic (exact) mass is 259 g/mol. The molecular weight excluding hydrogens is 245 g/mol. The Hall–Kier alpha value is -2.23. The fourth-order valence-corrected chi connectivity index (χ4v) is 1.70. The first-order chi connectivity index (χ1) is 9.10. The third-order valence-electron chi connectivity index (χ3n) is 2.79. The Morgan fingerprint density at radius 1 is 1.32 bits per heavy atom. The molecule has 1 heterocycles. The molecule has 0 unspecified atom stereocenters. The summed E-state index contributed by atoms with van der Waals surface area (Å²) in [6.45, 7) is 1.93. The van der Waals surface area contributed by atoms with Gasteiger partial charge in [0.15, 0.2) is 17.3 Å². The van der Waals surface area contributed by atoms with Crippen molar-refractivity contribution in [1.29, 1.82) is 0 Å². The zero-order chi connectivity index (χ0) is 13.8. The summed E-state index contributed by atoms with van der Waals surface area (Å²) in [4.78, 5) is 16.2. The number of ether oxygens (including phenoxy) is 1. The Kier molecular flexibility index (Phi) is 3.90. The average molecular weight is 259 g/mol. The van der Waals surface area contributed by atoms with Crippen LogP contribution in [-0.4, -0.2) is 17.9 Å². The van der Waals surface area contributed by atoms with Crippen molar-refractivity contribution in [2.24, 2.45) is 0 Å². The van der Waals surface area contributed by atoms with E-state index in [0.717, 1.165) is 5.56 Å². The quantitative estimate of drug-likeness (QED) is 0.792. The molecular formula is C15H14FNO2. The Bertz CT molecular complexity index is 594. The van der Waals surface area contributed by atoms with E-state index in [2.05, 4.69) is 4.98 Å². The number of halogens is 1. The van der Waals surface area contributed by atoms with E-state index in [9.17, 15) is 9.18 Å². The molecule has 19 heavy (non-hydrogen) atoms. The molecule has 0 atom stereocenters. The largest absolute Gasteiger partial charge is 0.494 e. The molecule has 1 aromatic carbocycles. The van der Waals surface area contributed by atoms with E-state index < -0.39 is 5.82 Å². The lowest BCUT2D eigenvalue weighted by molar-refractivity contribution is 0.0991. The number of rotatable bonds is 4. The number of Topliss-reactive ketones (excluding diaryl/α,β-unsaturated/α-hetero) is 1. The normalized spacial score (nSPS) is 10.3. The van der Waals surface area contributed by atoms with Gasteiger partial charge >= 0.3 is 0 Å². The summed E-state index contributed by atoms with van der Waals surface area (Å²) in [5.74, 6) is -0.523. The summed E-state index contributed by atoms with van der Waals surface area (Å²) in [7, 11) is 1.37. The third-order valence-corrected chi connectivity index (χ3v) is 2.79. The summed E-state index contributed by atoms with van der Waals surface area (Å²) >= 11 is 0. The fourth-order valence-electron chi connectivity index (χ4n) is 1.70. The summed E-state index contributed by atoms with van der Waals surface area (Å²) in [6, 6.07) is 7.81. The van der Waals surface area contributed by atoms with Crippen LogP contribution >= 0.6 is 0 Å². The number of carbonyl (C=O) groups excluding carboxylic acids is 1. The highest BCUT2D eigenvalue weighted by Gasteiger charge is 2.11. The first kappa shape index (κ1) is 13.2. The molecule has 0 saturated carbocycles. The van der Waals surface area contributed by atoms with E-state index in [1.165, 1.54) is 25.3 Å². The second-order valence-corrected chi connectivity index (χ2v) is 4.28. The molecule has 0 bridgehead atoms. The Balaban J connectivity index is 2.18. The molecule has 98 valence electrons. The van der Waals surface area contributed by atoms with Crippen molar-refractivity contribution < 1.29 is 13.9 Å². The maximum Gasteiger partial charge on any atom is 0.168 e. The lowest BCUT2D eigenvalue weighted by atomic mass is 10.1. The van der Waals surface area contributed by atoms with Gasteiger partial charge in [-0.2, -0.15) is 0 Å². The molecule has 0 aliphatic carbocycles. The van der Waals surface area contributed by atoms with Gasteiger partial charge in [0, 0.05) is 17.5 Å². The van der Waals surface area contributed by atoms with E-state index in [1.54, 1.807) is 6.20 Å². The lowest BCUT2D eigenvalue weighted by Gasteiger charge is -2.05. The summed E-state index contributed by atoms with van der Waals surface area (Å²) in [5, 5.41) is 0. The van der Waals surface area contributed by atoms with E-state index in [-0.39, 0.29) is 18.0 Å². The fraction of sp³-hybridized carbons (Fsp3) is 0.200. The SMILES string of the molecule is COc1cc(C(=O)Cc2ccc(C)cn2)ccc1F. The zero-order valence-corrected chi connectivity index (χ0v) is 10.8. The molecule has 0 aliphatic rings. The van der Waals surface area contributed by atoms with Crippen molar-refractivity contribution in [2.45, 2.75) is 13.3 Å². The summed E-state index contributed by atoms with van der Waals surface area (Å²) in [5.41, 5.74) is 2.15. The standard InChI is InChI=1S/C15H14FNO2/c1-10-3-5-12(17-9-10)8-14(18)11-4-6-13(16)15(7-11)19-2/h3-7,9H,8H2,1-2H3. The van der Waals surface area contributed by atoms with Gasteiger partial charge in [0.2, 0.25) is 0 Å². The molecule has 0 aliphatic heterocycles. The van der Waals surface area contributed by atoms with E-state index in [4.69, 9.17) is 4.74 Å². The van der Waals surface area contributed by atoms with E-state index in [1.807, 2.05) is 19.1 Å². The molecule has 4 heteroatoms. The van der Waals surface area contributed by atoms with E-state index in [0.29, 0.717) is 11.3 Å². The lowest BCUT2D eigenvalue weighted by Crippen LogP contribution is -2.05. The molecule has 0 amide bonds. The first-order valence-electron chi connectivity index (χ1n) is 5.88. The van der Waals surface area contributed by atoms with Gasteiger partial charge in [-0.05, 0) is 36.8 Å². The molecule has 0 spiro atoms. The van der Waals surface area contributed by atoms with Crippen LogP contribution in [0, 0.1) is 12.7 Å². The number of methoxy groups -OCH3 is 1. The van der Waals surface area contributed by atoms with Gasteiger partial charge in [-0.15, -0.1) is 0 Å². The van der Waals surface area contributed by atoms with Gasteiger partial charge in [-0.25, -0.2) is 4.39 Å². The highest BCUT2D eigenvalue weighted by atomic mass is 19.1. The maximum absolute atomic E-state index is 13.3. The molecule has 2 rings (SSSR count). The predicted octanol–water partition coefficient (Wildman–Crippen LogP) is 2.96. The highest BCUT2D eigenvalue weighted by Crippen LogP contribution is 2.19. The van der Waals surface area contributed by atoms with Crippen molar-refractivity contribution in [2.75, 3.05) is 7.11 Å². The van der Waals surface area contributed by atoms with Crippen LogP contribution in [0.15, 0.2) is 36.5 Å². The van der Waals surface area contributed by atoms with Gasteiger partial charge in [0.05, 0.1) is 13.5 Å². The Morgan fingerprint density at radius 2 is 2.11 bits per heavy atom. The van der Waals surface area contributed by atoms with Gasteiger partial charge in [-0.3, -0.25) is 9.78 Å². The van der Waals surface area contributed by atoms with Crippen LogP contribution in [-0.2, 0) is 6.42 Å². The van der Waals surface area contributed by atoms with Gasteiger partial charge in [0.1, 0.15) is 0 Å². The minimum atomic E-state index is -0.479. The number of hydrogen-bond donors (Lipinski definition) is 0. The average Bonchev–Trinajstić information content (AvgIpc) is 2.42. The minimum absolute atomic E-state index is 0.0720. The maximum atomic E-state index is 13.3. The number of ketones is 1. The van der Waals surface area contributed by atoms with Crippen LogP contribution in [0.3, 0.4) is 0 Å². The number of carbonyl (C=O) groups is 1. The van der Waals surface area contributed by atoms with Crippen molar-refractivity contribution in [1.82, 2.24) is 4.98 Å². The van der Waals surface area contributed by atoms with Gasteiger partial charge < -0.3 is 4.74 Å². The summed E-state index contributed by atoms with van der Waals surface area (Å²) in [6.07, 6.45) is 1.91. The molecule has 2 aromatic rings.